The Hall–Kier alpha value is -3.09. The maximum Gasteiger partial charge on any atom is 0.320 e. The molecule has 0 saturated heterocycles. The smallest absolute Gasteiger partial charge is 0.320 e. The molecule has 1 atom stereocenters. The minimum Gasteiger partial charge on any atom is -0.335 e. The van der Waals surface area contributed by atoms with E-state index in [0.717, 1.165) is 22.5 Å². The molecule has 0 spiro atoms. The summed E-state index contributed by atoms with van der Waals surface area (Å²) in [7, 11) is 0. The molecule has 2 amide bonds. The first-order valence-electron chi connectivity index (χ1n) is 8.59. The third-order valence-corrected chi connectivity index (χ3v) is 3.95. The van der Waals surface area contributed by atoms with Crippen LogP contribution in [0.2, 0.25) is 0 Å². The van der Waals surface area contributed by atoms with E-state index in [2.05, 4.69) is 26.8 Å². The summed E-state index contributed by atoms with van der Waals surface area (Å²) < 4.78 is 3.68. The Bertz CT molecular complexity index is 877. The van der Waals surface area contributed by atoms with Crippen LogP contribution in [0.5, 0.6) is 0 Å². The lowest BCUT2D eigenvalue weighted by molar-refractivity contribution is 0.248. The first-order chi connectivity index (χ1) is 12.4. The Morgan fingerprint density at radius 3 is 2.54 bits per heavy atom. The Kier molecular flexibility index (Phi) is 5.06. The molecule has 0 saturated carbocycles. The summed E-state index contributed by atoms with van der Waals surface area (Å²) in [5.41, 5.74) is 4.07. The van der Waals surface area contributed by atoms with E-state index in [1.165, 1.54) is 0 Å². The van der Waals surface area contributed by atoms with E-state index < -0.39 is 0 Å². The number of nitrogens with zero attached hydrogens (tertiary/aromatic N) is 4. The Morgan fingerprint density at radius 1 is 1.15 bits per heavy atom. The molecular weight excluding hydrogens is 328 g/mol. The van der Waals surface area contributed by atoms with Gasteiger partial charge in [0.2, 0.25) is 0 Å². The highest BCUT2D eigenvalue weighted by atomic mass is 16.2. The summed E-state index contributed by atoms with van der Waals surface area (Å²) in [6.45, 7) is 8.60. The van der Waals surface area contributed by atoms with Gasteiger partial charge in [0.15, 0.2) is 0 Å². The van der Waals surface area contributed by atoms with Crippen molar-refractivity contribution in [2.24, 2.45) is 0 Å². The van der Waals surface area contributed by atoms with Crippen LogP contribution in [0.1, 0.15) is 23.7 Å². The van der Waals surface area contributed by atoms with Gasteiger partial charge in [-0.15, -0.1) is 0 Å². The number of amides is 2. The average molecular weight is 352 g/mol. The zero-order valence-corrected chi connectivity index (χ0v) is 15.5. The number of anilines is 1. The number of aromatic nitrogens is 4. The number of hydrogen-bond acceptors (Lipinski definition) is 3. The molecule has 0 aliphatic heterocycles. The summed E-state index contributed by atoms with van der Waals surface area (Å²) in [5, 5.41) is 10.4. The molecule has 0 aliphatic rings. The number of hydrogen-bond donors (Lipinski definition) is 2. The second kappa shape index (κ2) is 7.43. The quantitative estimate of drug-likeness (QED) is 0.740. The van der Waals surface area contributed by atoms with Crippen LogP contribution in [0, 0.1) is 20.8 Å². The molecule has 0 fully saturated rings. The van der Waals surface area contributed by atoms with E-state index >= 15 is 0 Å². The second-order valence-electron chi connectivity index (χ2n) is 6.69. The van der Waals surface area contributed by atoms with Gasteiger partial charge >= 0.3 is 6.03 Å². The van der Waals surface area contributed by atoms with Gasteiger partial charge in [-0.2, -0.15) is 5.10 Å². The summed E-state index contributed by atoms with van der Waals surface area (Å²) in [5.74, 6) is 0.639. The highest BCUT2D eigenvalue weighted by Crippen LogP contribution is 2.19. The number of nitrogens with one attached hydrogen (secondary N) is 2. The first-order valence-corrected chi connectivity index (χ1v) is 8.59. The highest BCUT2D eigenvalue weighted by molar-refractivity contribution is 5.88. The van der Waals surface area contributed by atoms with Crippen LogP contribution in [-0.4, -0.2) is 31.4 Å². The zero-order valence-electron chi connectivity index (χ0n) is 15.5. The minimum absolute atomic E-state index is 0.0390. The standard InChI is InChI=1S/C19H24N6O/c1-13-7-14(2)9-17(8-13)25-18(10-15(3)23-25)22-19(26)21-16(4)11-24-6-5-20-12-24/h5-10,12,16H,11H2,1-4H3,(H2,21,22,26)/t16-/m1/s1. The molecule has 0 radical (unpaired) electrons. The van der Waals surface area contributed by atoms with Gasteiger partial charge in [-0.25, -0.2) is 14.5 Å². The largest absolute Gasteiger partial charge is 0.335 e. The van der Waals surface area contributed by atoms with E-state index in [1.54, 1.807) is 17.2 Å². The van der Waals surface area contributed by atoms with E-state index in [-0.39, 0.29) is 12.1 Å². The van der Waals surface area contributed by atoms with Crippen molar-refractivity contribution in [3.05, 3.63) is 59.8 Å². The Morgan fingerprint density at radius 2 is 1.88 bits per heavy atom. The molecule has 0 bridgehead atoms. The van der Waals surface area contributed by atoms with Gasteiger partial charge in [0, 0.05) is 31.0 Å². The topological polar surface area (TPSA) is 76.8 Å². The van der Waals surface area contributed by atoms with Crippen LogP contribution in [-0.2, 0) is 6.54 Å². The van der Waals surface area contributed by atoms with Crippen LogP contribution < -0.4 is 10.6 Å². The number of rotatable bonds is 5. The molecule has 26 heavy (non-hydrogen) atoms. The Labute approximate surface area is 153 Å². The molecule has 136 valence electrons. The number of imidazole rings is 1. The number of urea groups is 1. The fraction of sp³-hybridized carbons (Fsp3) is 0.316. The highest BCUT2D eigenvalue weighted by Gasteiger charge is 2.13. The van der Waals surface area contributed by atoms with E-state index in [1.807, 2.05) is 56.7 Å². The number of carbonyl (C=O) groups excluding carboxylic acids is 1. The van der Waals surface area contributed by atoms with Crippen molar-refractivity contribution >= 4 is 11.8 Å². The third kappa shape index (κ3) is 4.30. The third-order valence-electron chi connectivity index (χ3n) is 3.95. The lowest BCUT2D eigenvalue weighted by Gasteiger charge is -2.16. The zero-order chi connectivity index (χ0) is 18.7. The van der Waals surface area contributed by atoms with Crippen LogP contribution >= 0.6 is 0 Å². The van der Waals surface area contributed by atoms with Crippen LogP contribution in [0.3, 0.4) is 0 Å². The molecule has 2 heterocycles. The van der Waals surface area contributed by atoms with Crippen molar-refractivity contribution in [1.82, 2.24) is 24.6 Å². The fourth-order valence-corrected chi connectivity index (χ4v) is 2.99. The SMILES string of the molecule is Cc1cc(C)cc(-n2nc(C)cc2NC(=O)N[C@H](C)Cn2ccnc2)c1. The molecule has 3 rings (SSSR count). The normalized spacial score (nSPS) is 12.0. The lowest BCUT2D eigenvalue weighted by Crippen LogP contribution is -2.38. The van der Waals surface area contributed by atoms with Gasteiger partial charge in [0.25, 0.3) is 0 Å². The summed E-state index contributed by atoms with van der Waals surface area (Å²) >= 11 is 0. The van der Waals surface area contributed by atoms with E-state index in [9.17, 15) is 4.79 Å². The van der Waals surface area contributed by atoms with Crippen LogP contribution in [0.15, 0.2) is 43.0 Å². The van der Waals surface area contributed by atoms with E-state index in [0.29, 0.717) is 12.4 Å². The van der Waals surface area contributed by atoms with Crippen molar-refractivity contribution in [2.75, 3.05) is 5.32 Å². The number of aryl methyl sites for hydroxylation is 3. The molecule has 2 N–H and O–H groups in total. The van der Waals surface area contributed by atoms with Crippen molar-refractivity contribution in [3.8, 4) is 5.69 Å². The predicted octanol–water partition coefficient (Wildman–Crippen LogP) is 3.20. The van der Waals surface area contributed by atoms with Crippen LogP contribution in [0.4, 0.5) is 10.6 Å². The van der Waals surface area contributed by atoms with Crippen molar-refractivity contribution in [2.45, 2.75) is 40.3 Å². The fourth-order valence-electron chi connectivity index (χ4n) is 2.99. The lowest BCUT2D eigenvalue weighted by atomic mass is 10.1. The first kappa shape index (κ1) is 17.7. The summed E-state index contributed by atoms with van der Waals surface area (Å²) in [6, 6.07) is 7.76. The maximum absolute atomic E-state index is 12.4. The maximum atomic E-state index is 12.4. The van der Waals surface area contributed by atoms with Crippen molar-refractivity contribution in [1.29, 1.82) is 0 Å². The van der Waals surface area contributed by atoms with Crippen molar-refractivity contribution in [3.63, 3.8) is 0 Å². The van der Waals surface area contributed by atoms with Gasteiger partial charge in [-0.3, -0.25) is 5.32 Å². The Balaban J connectivity index is 1.72. The summed E-state index contributed by atoms with van der Waals surface area (Å²) in [6.07, 6.45) is 5.32. The number of benzene rings is 1. The van der Waals surface area contributed by atoms with Crippen LogP contribution in [0.25, 0.3) is 5.69 Å². The molecule has 7 heteroatoms. The van der Waals surface area contributed by atoms with Gasteiger partial charge in [0.05, 0.1) is 17.7 Å². The van der Waals surface area contributed by atoms with Gasteiger partial charge in [-0.1, -0.05) is 6.07 Å². The van der Waals surface area contributed by atoms with Gasteiger partial charge in [-0.05, 0) is 51.0 Å². The average Bonchev–Trinajstić information content (AvgIpc) is 3.15. The van der Waals surface area contributed by atoms with Gasteiger partial charge < -0.3 is 9.88 Å². The molecule has 1 aromatic carbocycles. The molecular formula is C19H24N6O. The predicted molar refractivity (Wildman–Crippen MR) is 102 cm³/mol. The molecule has 7 nitrogen and oxygen atoms in total. The van der Waals surface area contributed by atoms with Crippen molar-refractivity contribution < 1.29 is 4.79 Å². The minimum atomic E-state index is -0.261. The molecule has 0 unspecified atom stereocenters. The number of carbonyl (C=O) groups is 1. The molecule has 3 aromatic rings. The molecule has 2 aromatic heterocycles. The monoisotopic (exact) mass is 352 g/mol. The van der Waals surface area contributed by atoms with E-state index in [4.69, 9.17) is 0 Å². The molecule has 0 aliphatic carbocycles. The summed E-state index contributed by atoms with van der Waals surface area (Å²) in [4.78, 5) is 16.4. The van der Waals surface area contributed by atoms with Gasteiger partial charge in [0.1, 0.15) is 5.82 Å². The second-order valence-corrected chi connectivity index (χ2v) is 6.69.